The molecular weight excluding hydrogens is 267 g/mol. The first-order valence-electron chi connectivity index (χ1n) is 7.48. The van der Waals surface area contributed by atoms with Crippen LogP contribution in [0, 0.1) is 17.7 Å². The van der Waals surface area contributed by atoms with Crippen LogP contribution in [0.2, 0.25) is 0 Å². The van der Waals surface area contributed by atoms with Crippen molar-refractivity contribution in [3.8, 4) is 11.8 Å². The van der Waals surface area contributed by atoms with E-state index in [1.807, 2.05) is 6.07 Å². The Bertz CT molecular complexity index is 521. The molecular formula is C17H23FN2O. The van der Waals surface area contributed by atoms with Crippen molar-refractivity contribution in [1.82, 2.24) is 9.80 Å². The number of aliphatic hydroxyl groups is 1. The summed E-state index contributed by atoms with van der Waals surface area (Å²) in [6, 6.07) is 4.81. The number of rotatable bonds is 3. The Balaban J connectivity index is 2.10. The van der Waals surface area contributed by atoms with E-state index >= 15 is 0 Å². The van der Waals surface area contributed by atoms with Crippen LogP contribution in [0.5, 0.6) is 0 Å². The SMILES string of the molecule is CN1CCCN(Cc2ccc(F)cc2C#CCCO)CC1. The third-order valence-corrected chi connectivity index (χ3v) is 3.74. The zero-order valence-corrected chi connectivity index (χ0v) is 12.6. The topological polar surface area (TPSA) is 26.7 Å². The first-order chi connectivity index (χ1) is 10.2. The van der Waals surface area contributed by atoms with Crippen LogP contribution in [0.1, 0.15) is 24.0 Å². The van der Waals surface area contributed by atoms with Crippen LogP contribution in [-0.4, -0.2) is 54.7 Å². The van der Waals surface area contributed by atoms with Crippen molar-refractivity contribution in [3.05, 3.63) is 35.1 Å². The van der Waals surface area contributed by atoms with Gasteiger partial charge in [0.1, 0.15) is 5.82 Å². The zero-order chi connectivity index (χ0) is 15.1. The van der Waals surface area contributed by atoms with Gasteiger partial charge in [0.2, 0.25) is 0 Å². The highest BCUT2D eigenvalue weighted by Crippen LogP contribution is 2.14. The first kappa shape index (κ1) is 16.0. The highest BCUT2D eigenvalue weighted by atomic mass is 19.1. The lowest BCUT2D eigenvalue weighted by Crippen LogP contribution is -2.28. The second-order valence-corrected chi connectivity index (χ2v) is 5.51. The summed E-state index contributed by atoms with van der Waals surface area (Å²) in [7, 11) is 2.15. The van der Waals surface area contributed by atoms with Gasteiger partial charge in [-0.2, -0.15) is 0 Å². The summed E-state index contributed by atoms with van der Waals surface area (Å²) in [5, 5.41) is 8.80. The maximum Gasteiger partial charge on any atom is 0.124 e. The molecule has 1 aromatic rings. The van der Waals surface area contributed by atoms with Crippen LogP contribution in [0.4, 0.5) is 4.39 Å². The molecule has 1 aromatic carbocycles. The van der Waals surface area contributed by atoms with Crippen LogP contribution in [0.25, 0.3) is 0 Å². The zero-order valence-electron chi connectivity index (χ0n) is 12.6. The van der Waals surface area contributed by atoms with Crippen LogP contribution < -0.4 is 0 Å². The van der Waals surface area contributed by atoms with Gasteiger partial charge in [0.05, 0.1) is 6.61 Å². The molecule has 114 valence electrons. The van der Waals surface area contributed by atoms with Gasteiger partial charge in [0.25, 0.3) is 0 Å². The summed E-state index contributed by atoms with van der Waals surface area (Å²) in [6.45, 7) is 5.12. The van der Waals surface area contributed by atoms with Crippen LogP contribution in [-0.2, 0) is 6.54 Å². The van der Waals surface area contributed by atoms with Gasteiger partial charge in [-0.3, -0.25) is 4.90 Å². The fourth-order valence-electron chi connectivity index (χ4n) is 2.52. The molecule has 0 aromatic heterocycles. The van der Waals surface area contributed by atoms with E-state index in [0.717, 1.165) is 50.3 Å². The molecule has 0 saturated carbocycles. The molecule has 21 heavy (non-hydrogen) atoms. The minimum Gasteiger partial charge on any atom is -0.395 e. The van der Waals surface area contributed by atoms with Gasteiger partial charge in [-0.15, -0.1) is 0 Å². The van der Waals surface area contributed by atoms with Crippen molar-refractivity contribution in [2.45, 2.75) is 19.4 Å². The Labute approximate surface area is 126 Å². The molecule has 0 spiro atoms. The van der Waals surface area contributed by atoms with Gasteiger partial charge >= 0.3 is 0 Å². The standard InChI is InChI=1S/C17H23FN2O/c1-19-8-4-9-20(11-10-19)14-16-6-7-17(18)13-15(16)5-2-3-12-21/h6-7,13,21H,3-4,8-12,14H2,1H3. The predicted molar refractivity (Wildman–Crippen MR) is 82.4 cm³/mol. The lowest BCUT2D eigenvalue weighted by Gasteiger charge is -2.20. The Hall–Kier alpha value is -1.41. The number of aliphatic hydroxyl groups excluding tert-OH is 1. The van der Waals surface area contributed by atoms with Gasteiger partial charge < -0.3 is 10.0 Å². The lowest BCUT2D eigenvalue weighted by atomic mass is 10.1. The maximum absolute atomic E-state index is 13.4. The van der Waals surface area contributed by atoms with Gasteiger partial charge in [-0.05, 0) is 44.3 Å². The van der Waals surface area contributed by atoms with E-state index < -0.39 is 0 Å². The fraction of sp³-hybridized carbons (Fsp3) is 0.529. The average Bonchev–Trinajstić information content (AvgIpc) is 2.67. The average molecular weight is 290 g/mol. The normalized spacial score (nSPS) is 17.1. The van der Waals surface area contributed by atoms with E-state index in [1.165, 1.54) is 12.1 Å². The largest absolute Gasteiger partial charge is 0.395 e. The third kappa shape index (κ3) is 5.13. The molecule has 0 atom stereocenters. The van der Waals surface area contributed by atoms with E-state index in [-0.39, 0.29) is 12.4 Å². The summed E-state index contributed by atoms with van der Waals surface area (Å²) in [6.07, 6.45) is 1.58. The van der Waals surface area contributed by atoms with Gasteiger partial charge in [-0.25, -0.2) is 4.39 Å². The van der Waals surface area contributed by atoms with E-state index in [0.29, 0.717) is 6.42 Å². The van der Waals surface area contributed by atoms with Crippen LogP contribution >= 0.6 is 0 Å². The second kappa shape index (κ2) is 8.14. The summed E-state index contributed by atoms with van der Waals surface area (Å²) in [5.41, 5.74) is 1.80. The molecule has 1 saturated heterocycles. The van der Waals surface area contributed by atoms with Crippen molar-refractivity contribution >= 4 is 0 Å². The molecule has 0 bridgehead atoms. The van der Waals surface area contributed by atoms with Crippen molar-refractivity contribution in [2.75, 3.05) is 39.8 Å². The second-order valence-electron chi connectivity index (χ2n) is 5.51. The van der Waals surface area contributed by atoms with Crippen molar-refractivity contribution in [2.24, 2.45) is 0 Å². The Kier molecular flexibility index (Phi) is 6.19. The maximum atomic E-state index is 13.4. The smallest absolute Gasteiger partial charge is 0.124 e. The molecule has 1 fully saturated rings. The number of nitrogens with zero attached hydrogens (tertiary/aromatic N) is 2. The highest BCUT2D eigenvalue weighted by molar-refractivity contribution is 5.41. The summed E-state index contributed by atoms with van der Waals surface area (Å²) in [4.78, 5) is 4.74. The lowest BCUT2D eigenvalue weighted by molar-refractivity contribution is 0.269. The minimum atomic E-state index is -0.261. The van der Waals surface area contributed by atoms with Crippen molar-refractivity contribution in [1.29, 1.82) is 0 Å². The fourth-order valence-corrected chi connectivity index (χ4v) is 2.52. The van der Waals surface area contributed by atoms with E-state index in [1.54, 1.807) is 0 Å². The molecule has 3 nitrogen and oxygen atoms in total. The van der Waals surface area contributed by atoms with E-state index in [9.17, 15) is 4.39 Å². The molecule has 2 rings (SSSR count). The molecule has 1 aliphatic rings. The highest BCUT2D eigenvalue weighted by Gasteiger charge is 2.13. The van der Waals surface area contributed by atoms with Gasteiger partial charge in [-0.1, -0.05) is 17.9 Å². The third-order valence-electron chi connectivity index (χ3n) is 3.74. The number of likely N-dealkylation sites (N-methyl/N-ethyl adjacent to an activating group) is 1. The Morgan fingerprint density at radius 3 is 2.90 bits per heavy atom. The molecule has 0 amide bonds. The van der Waals surface area contributed by atoms with Gasteiger partial charge in [0.15, 0.2) is 0 Å². The minimum absolute atomic E-state index is 0.0378. The molecule has 4 heteroatoms. The number of benzene rings is 1. The Morgan fingerprint density at radius 1 is 1.24 bits per heavy atom. The number of halogens is 1. The van der Waals surface area contributed by atoms with E-state index in [2.05, 4.69) is 28.7 Å². The molecule has 0 radical (unpaired) electrons. The van der Waals surface area contributed by atoms with Crippen molar-refractivity contribution < 1.29 is 9.50 Å². The summed E-state index contributed by atoms with van der Waals surface area (Å²) >= 11 is 0. The summed E-state index contributed by atoms with van der Waals surface area (Å²) < 4.78 is 13.4. The molecule has 0 aliphatic carbocycles. The Morgan fingerprint density at radius 2 is 2.10 bits per heavy atom. The number of hydrogen-bond donors (Lipinski definition) is 1. The van der Waals surface area contributed by atoms with Gasteiger partial charge in [0, 0.05) is 31.6 Å². The van der Waals surface area contributed by atoms with E-state index in [4.69, 9.17) is 5.11 Å². The number of hydrogen-bond acceptors (Lipinski definition) is 3. The molecule has 1 heterocycles. The quantitative estimate of drug-likeness (QED) is 0.858. The predicted octanol–water partition coefficient (Wildman–Crippen LogP) is 1.70. The molecule has 1 N–H and O–H groups in total. The molecule has 1 aliphatic heterocycles. The van der Waals surface area contributed by atoms with Crippen molar-refractivity contribution in [3.63, 3.8) is 0 Å². The first-order valence-corrected chi connectivity index (χ1v) is 7.48. The van der Waals surface area contributed by atoms with Crippen LogP contribution in [0.3, 0.4) is 0 Å². The monoisotopic (exact) mass is 290 g/mol. The van der Waals surface area contributed by atoms with Crippen LogP contribution in [0.15, 0.2) is 18.2 Å². The summed E-state index contributed by atoms with van der Waals surface area (Å²) in [5.74, 6) is 5.60. The molecule has 0 unspecified atom stereocenters.